The van der Waals surface area contributed by atoms with Crippen molar-refractivity contribution in [3.63, 3.8) is 0 Å². The molecule has 6 rings (SSSR count). The zero-order valence-corrected chi connectivity index (χ0v) is 22.4. The van der Waals surface area contributed by atoms with Gasteiger partial charge in [0.05, 0.1) is 5.56 Å². The average molecular weight is 544 g/mol. The molecule has 10 heteroatoms. The van der Waals surface area contributed by atoms with Crippen LogP contribution >= 0.6 is 0 Å². The van der Waals surface area contributed by atoms with Gasteiger partial charge in [0, 0.05) is 23.0 Å². The summed E-state index contributed by atoms with van der Waals surface area (Å²) in [6, 6.07) is 13.0. The lowest BCUT2D eigenvalue weighted by atomic mass is 9.84. The van der Waals surface area contributed by atoms with Gasteiger partial charge in [0.1, 0.15) is 12.1 Å². The Labute approximate surface area is 232 Å². The van der Waals surface area contributed by atoms with Gasteiger partial charge in [-0.3, -0.25) is 34.4 Å². The maximum atomic E-state index is 13.7. The molecular weight excluding hydrogens is 510 g/mol. The quantitative estimate of drug-likeness (QED) is 0.545. The predicted molar refractivity (Wildman–Crippen MR) is 147 cm³/mol. The lowest BCUT2D eigenvalue weighted by Crippen LogP contribution is -2.63. The van der Waals surface area contributed by atoms with E-state index in [-0.39, 0.29) is 17.5 Å². The maximum absolute atomic E-state index is 13.7. The molecule has 2 N–H and O–H groups in total. The Morgan fingerprint density at radius 2 is 1.50 bits per heavy atom. The number of urea groups is 1. The minimum Gasteiger partial charge on any atom is -0.362 e. The summed E-state index contributed by atoms with van der Waals surface area (Å²) in [5.74, 6) is -2.01. The number of barbiturate groups is 1. The van der Waals surface area contributed by atoms with Crippen molar-refractivity contribution >= 4 is 41.0 Å². The number of benzene rings is 2. The van der Waals surface area contributed by atoms with Gasteiger partial charge in [-0.1, -0.05) is 37.8 Å². The Balaban J connectivity index is 1.22. The summed E-state index contributed by atoms with van der Waals surface area (Å²) < 4.78 is 0. The van der Waals surface area contributed by atoms with Crippen LogP contribution in [0, 0.1) is 0 Å². The summed E-state index contributed by atoms with van der Waals surface area (Å²) >= 11 is 0. The number of hydrogen-bond acceptors (Lipinski definition) is 6. The number of anilines is 2. The summed E-state index contributed by atoms with van der Waals surface area (Å²) in [6.07, 6.45) is 8.54. The van der Waals surface area contributed by atoms with E-state index >= 15 is 0 Å². The van der Waals surface area contributed by atoms with Crippen LogP contribution in [0.1, 0.15) is 91.3 Å². The Bertz CT molecular complexity index is 1360. The SMILES string of the molecule is O=C(NN1C(=O)CC(=O)N(C2CCCCC2)C1=O)c1ccc(N2C(=O)c3ccccc3NC23CCCCC3)cc1. The second kappa shape index (κ2) is 10.4. The van der Waals surface area contributed by atoms with Gasteiger partial charge >= 0.3 is 6.03 Å². The maximum Gasteiger partial charge on any atom is 0.353 e. The van der Waals surface area contributed by atoms with Crippen molar-refractivity contribution in [2.24, 2.45) is 0 Å². The standard InChI is InChI=1S/C30H33N5O5/c36-25-19-26(37)35(29(40)33(25)21-9-3-1-4-10-21)32-27(38)20-13-15-22(16-14-20)34-28(39)23-11-5-6-12-24(23)31-30(34)17-7-2-8-18-30/h5-6,11-16,21,31H,1-4,7-10,17-19H2,(H,32,38). The van der Waals surface area contributed by atoms with Crippen LogP contribution in [0.5, 0.6) is 0 Å². The zero-order valence-electron chi connectivity index (χ0n) is 22.4. The van der Waals surface area contributed by atoms with Crippen LogP contribution in [-0.4, -0.2) is 51.3 Å². The highest BCUT2D eigenvalue weighted by Crippen LogP contribution is 2.42. The third-order valence-electron chi connectivity index (χ3n) is 8.60. The van der Waals surface area contributed by atoms with Gasteiger partial charge in [0.15, 0.2) is 0 Å². The van der Waals surface area contributed by atoms with E-state index in [9.17, 15) is 24.0 Å². The minimum absolute atomic E-state index is 0.0922. The molecule has 208 valence electrons. The van der Waals surface area contributed by atoms with E-state index in [0.29, 0.717) is 29.1 Å². The summed E-state index contributed by atoms with van der Waals surface area (Å²) in [5.41, 5.74) is 4.17. The highest BCUT2D eigenvalue weighted by atomic mass is 16.2. The molecule has 1 saturated heterocycles. The molecule has 0 atom stereocenters. The van der Waals surface area contributed by atoms with Gasteiger partial charge in [0.2, 0.25) is 5.91 Å². The van der Waals surface area contributed by atoms with Crippen molar-refractivity contribution in [2.75, 3.05) is 10.2 Å². The van der Waals surface area contributed by atoms with Gasteiger partial charge < -0.3 is 5.32 Å². The molecule has 2 saturated carbocycles. The van der Waals surface area contributed by atoms with Crippen LogP contribution < -0.4 is 15.6 Å². The third-order valence-corrected chi connectivity index (χ3v) is 8.60. The molecule has 2 heterocycles. The van der Waals surface area contributed by atoms with Gasteiger partial charge in [-0.2, -0.15) is 5.01 Å². The molecule has 40 heavy (non-hydrogen) atoms. The van der Waals surface area contributed by atoms with E-state index in [1.54, 1.807) is 24.3 Å². The van der Waals surface area contributed by atoms with Crippen LogP contribution in [0.25, 0.3) is 0 Å². The van der Waals surface area contributed by atoms with Crippen LogP contribution in [0.15, 0.2) is 48.5 Å². The Hall–Kier alpha value is -4.21. The highest BCUT2D eigenvalue weighted by molar-refractivity contribution is 6.15. The number of fused-ring (bicyclic) bond motifs is 1. The largest absolute Gasteiger partial charge is 0.362 e. The molecule has 4 aliphatic rings. The lowest BCUT2D eigenvalue weighted by molar-refractivity contribution is -0.145. The molecule has 2 aliphatic carbocycles. The van der Waals surface area contributed by atoms with Crippen molar-refractivity contribution in [1.82, 2.24) is 15.3 Å². The molecule has 2 aliphatic heterocycles. The Kier molecular flexibility index (Phi) is 6.77. The van der Waals surface area contributed by atoms with Gasteiger partial charge in [0.25, 0.3) is 17.7 Å². The van der Waals surface area contributed by atoms with Crippen molar-refractivity contribution in [2.45, 2.75) is 82.3 Å². The summed E-state index contributed by atoms with van der Waals surface area (Å²) in [5, 5.41) is 4.30. The number of carbonyl (C=O) groups excluding carboxylic acids is 5. The molecule has 0 radical (unpaired) electrons. The number of hydrogen-bond donors (Lipinski definition) is 2. The normalized spacial score (nSPS) is 21.4. The first-order chi connectivity index (χ1) is 19.4. The van der Waals surface area contributed by atoms with Crippen LogP contribution in [0.4, 0.5) is 16.2 Å². The van der Waals surface area contributed by atoms with E-state index in [4.69, 9.17) is 0 Å². The zero-order chi connectivity index (χ0) is 27.9. The van der Waals surface area contributed by atoms with Crippen molar-refractivity contribution in [3.05, 3.63) is 59.7 Å². The topological polar surface area (TPSA) is 119 Å². The number of nitrogens with zero attached hydrogens (tertiary/aromatic N) is 3. The van der Waals surface area contributed by atoms with Gasteiger partial charge in [-0.15, -0.1) is 0 Å². The summed E-state index contributed by atoms with van der Waals surface area (Å²) in [4.78, 5) is 68.0. The average Bonchev–Trinajstić information content (AvgIpc) is 2.96. The fourth-order valence-corrected chi connectivity index (χ4v) is 6.60. The predicted octanol–water partition coefficient (Wildman–Crippen LogP) is 4.58. The highest BCUT2D eigenvalue weighted by Gasteiger charge is 2.46. The first-order valence-corrected chi connectivity index (χ1v) is 14.2. The minimum atomic E-state index is -0.805. The Morgan fingerprint density at radius 1 is 0.825 bits per heavy atom. The molecule has 0 aromatic heterocycles. The smallest absolute Gasteiger partial charge is 0.353 e. The Morgan fingerprint density at radius 3 is 2.23 bits per heavy atom. The number of imide groups is 2. The van der Waals surface area contributed by atoms with E-state index in [1.807, 2.05) is 29.2 Å². The molecular formula is C30H33N5O5. The number of hydrazine groups is 1. The monoisotopic (exact) mass is 543 g/mol. The number of para-hydroxylation sites is 1. The van der Waals surface area contributed by atoms with Crippen LogP contribution in [-0.2, 0) is 9.59 Å². The van der Waals surface area contributed by atoms with Gasteiger partial charge in [-0.05, 0) is 74.9 Å². The molecule has 6 amide bonds. The second-order valence-corrected chi connectivity index (χ2v) is 11.1. The number of nitrogens with one attached hydrogen (secondary N) is 2. The number of amides is 6. The fourth-order valence-electron chi connectivity index (χ4n) is 6.60. The first kappa shape index (κ1) is 26.0. The van der Waals surface area contributed by atoms with E-state index in [1.165, 1.54) is 0 Å². The summed E-state index contributed by atoms with van der Waals surface area (Å²) in [6.45, 7) is 0. The fraction of sp³-hybridized carbons (Fsp3) is 0.433. The molecule has 1 spiro atoms. The van der Waals surface area contributed by atoms with Crippen molar-refractivity contribution in [1.29, 1.82) is 0 Å². The molecule has 0 unspecified atom stereocenters. The molecule has 2 aromatic rings. The number of rotatable bonds is 4. The van der Waals surface area contributed by atoms with Crippen LogP contribution in [0.3, 0.4) is 0 Å². The number of carbonyl (C=O) groups is 5. The lowest BCUT2D eigenvalue weighted by Gasteiger charge is -2.50. The van der Waals surface area contributed by atoms with Crippen molar-refractivity contribution < 1.29 is 24.0 Å². The molecule has 10 nitrogen and oxygen atoms in total. The summed E-state index contributed by atoms with van der Waals surface area (Å²) in [7, 11) is 0. The molecule has 0 bridgehead atoms. The second-order valence-electron chi connectivity index (χ2n) is 11.1. The molecule has 3 fully saturated rings. The molecule has 2 aromatic carbocycles. The van der Waals surface area contributed by atoms with Gasteiger partial charge in [-0.25, -0.2) is 4.79 Å². The van der Waals surface area contributed by atoms with Crippen LogP contribution in [0.2, 0.25) is 0 Å². The third kappa shape index (κ3) is 4.51. The van der Waals surface area contributed by atoms with Crippen molar-refractivity contribution in [3.8, 4) is 0 Å². The van der Waals surface area contributed by atoms with E-state index < -0.39 is 35.8 Å². The first-order valence-electron chi connectivity index (χ1n) is 14.2. The van der Waals surface area contributed by atoms with E-state index in [2.05, 4.69) is 10.7 Å². The van der Waals surface area contributed by atoms with E-state index in [0.717, 1.165) is 62.0 Å².